The van der Waals surface area contributed by atoms with Crippen LogP contribution in [0.5, 0.6) is 5.75 Å². The molecule has 1 aromatic heterocycles. The Kier molecular flexibility index (Phi) is 6.29. The molecule has 10 heteroatoms. The first-order chi connectivity index (χ1) is 13.8. The Morgan fingerprint density at radius 3 is 2.83 bits per heavy atom. The second-order valence-corrected chi connectivity index (χ2v) is 7.63. The van der Waals surface area contributed by atoms with E-state index in [1.165, 1.54) is 6.07 Å². The van der Waals surface area contributed by atoms with E-state index in [-0.39, 0.29) is 16.1 Å². The number of halogens is 2. The number of fused-ring (bicyclic) bond motifs is 1. The fraction of sp³-hybridized carbons (Fsp3) is 0.211. The third-order valence-electron chi connectivity index (χ3n) is 4.22. The Morgan fingerprint density at radius 1 is 1.38 bits per heavy atom. The number of nitrogens with zero attached hydrogens (tertiary/aromatic N) is 4. The average Bonchev–Trinajstić information content (AvgIpc) is 2.68. The Balaban J connectivity index is 2.17. The second-order valence-electron chi connectivity index (χ2n) is 6.27. The van der Waals surface area contributed by atoms with Gasteiger partial charge in [-0.2, -0.15) is 9.78 Å². The molecule has 1 heterocycles. The Morgan fingerprint density at radius 2 is 2.14 bits per heavy atom. The van der Waals surface area contributed by atoms with Crippen LogP contribution in [0, 0.1) is 10.1 Å². The lowest BCUT2D eigenvalue weighted by molar-refractivity contribution is -0.385. The summed E-state index contributed by atoms with van der Waals surface area (Å²) < 4.78 is 1.88. The van der Waals surface area contributed by atoms with Crippen molar-refractivity contribution in [2.24, 2.45) is 5.10 Å². The van der Waals surface area contributed by atoms with E-state index in [4.69, 9.17) is 11.6 Å². The van der Waals surface area contributed by atoms with Gasteiger partial charge in [0, 0.05) is 27.5 Å². The van der Waals surface area contributed by atoms with E-state index >= 15 is 0 Å². The van der Waals surface area contributed by atoms with Crippen LogP contribution in [0.25, 0.3) is 10.9 Å². The number of phenols is 1. The van der Waals surface area contributed by atoms with Crippen molar-refractivity contribution in [2.45, 2.75) is 26.2 Å². The van der Waals surface area contributed by atoms with Crippen molar-refractivity contribution in [3.05, 3.63) is 71.7 Å². The van der Waals surface area contributed by atoms with Crippen LogP contribution in [0.4, 0.5) is 5.69 Å². The first-order valence-electron chi connectivity index (χ1n) is 8.74. The second kappa shape index (κ2) is 8.71. The first kappa shape index (κ1) is 20.9. The van der Waals surface area contributed by atoms with Crippen LogP contribution in [0.3, 0.4) is 0 Å². The molecule has 0 amide bonds. The summed E-state index contributed by atoms with van der Waals surface area (Å²) in [6.07, 6.45) is 3.39. The van der Waals surface area contributed by atoms with Gasteiger partial charge in [0.05, 0.1) is 22.0 Å². The molecule has 0 atom stereocenters. The van der Waals surface area contributed by atoms with Crippen molar-refractivity contribution in [1.29, 1.82) is 0 Å². The van der Waals surface area contributed by atoms with Gasteiger partial charge in [-0.3, -0.25) is 14.9 Å². The molecule has 0 fully saturated rings. The Bertz CT molecular complexity index is 1190. The summed E-state index contributed by atoms with van der Waals surface area (Å²) in [6, 6.07) is 7.57. The summed E-state index contributed by atoms with van der Waals surface area (Å²) in [6.45, 7) is 2.02. The number of nitro benzene ring substituents is 1. The summed E-state index contributed by atoms with van der Waals surface area (Å²) in [7, 11) is 0. The molecular formula is C19H16BrClN4O4. The van der Waals surface area contributed by atoms with Gasteiger partial charge in [0.2, 0.25) is 5.75 Å². The molecule has 0 aliphatic rings. The van der Waals surface area contributed by atoms with E-state index in [0.717, 1.165) is 34.3 Å². The minimum Gasteiger partial charge on any atom is -0.502 e. The number of unbranched alkanes of at least 4 members (excludes halogenated alkanes) is 1. The number of hydrogen-bond acceptors (Lipinski definition) is 6. The molecule has 0 saturated heterocycles. The summed E-state index contributed by atoms with van der Waals surface area (Å²) in [4.78, 5) is 27.9. The van der Waals surface area contributed by atoms with Crippen LogP contribution >= 0.6 is 27.5 Å². The summed E-state index contributed by atoms with van der Waals surface area (Å²) in [5, 5.41) is 25.8. The van der Waals surface area contributed by atoms with Crippen LogP contribution in [-0.4, -0.2) is 25.9 Å². The summed E-state index contributed by atoms with van der Waals surface area (Å²) in [5.74, 6) is -0.123. The Hall–Kier alpha value is -2.78. The monoisotopic (exact) mass is 478 g/mol. The summed E-state index contributed by atoms with van der Waals surface area (Å²) in [5.41, 5.74) is -0.350. The van der Waals surface area contributed by atoms with Gasteiger partial charge in [0.15, 0.2) is 0 Å². The number of aromatic hydroxyl groups is 1. The number of aromatic nitrogens is 2. The van der Waals surface area contributed by atoms with Gasteiger partial charge in [0.1, 0.15) is 5.82 Å². The fourth-order valence-corrected chi connectivity index (χ4v) is 3.36. The lowest BCUT2D eigenvalue weighted by Crippen LogP contribution is -2.22. The molecule has 2 aromatic carbocycles. The molecule has 0 saturated carbocycles. The quantitative estimate of drug-likeness (QED) is 0.314. The van der Waals surface area contributed by atoms with Crippen molar-refractivity contribution >= 4 is 50.3 Å². The minimum absolute atomic E-state index is 0.0203. The zero-order valence-electron chi connectivity index (χ0n) is 15.3. The van der Waals surface area contributed by atoms with E-state index in [1.54, 1.807) is 18.2 Å². The van der Waals surface area contributed by atoms with E-state index in [9.17, 15) is 20.0 Å². The van der Waals surface area contributed by atoms with Gasteiger partial charge in [-0.1, -0.05) is 40.9 Å². The molecule has 0 aliphatic carbocycles. The van der Waals surface area contributed by atoms with Crippen molar-refractivity contribution in [1.82, 2.24) is 9.66 Å². The largest absolute Gasteiger partial charge is 0.502 e. The maximum atomic E-state index is 13.0. The third kappa shape index (κ3) is 4.46. The molecule has 1 N–H and O–H groups in total. The minimum atomic E-state index is -0.744. The van der Waals surface area contributed by atoms with E-state index < -0.39 is 16.4 Å². The van der Waals surface area contributed by atoms with E-state index in [1.807, 2.05) is 6.92 Å². The lowest BCUT2D eigenvalue weighted by atomic mass is 10.2. The van der Waals surface area contributed by atoms with Gasteiger partial charge in [-0.05, 0) is 30.7 Å². The zero-order chi connectivity index (χ0) is 21.1. The number of hydrogen-bond donors (Lipinski definition) is 1. The van der Waals surface area contributed by atoms with Crippen molar-refractivity contribution in [3.8, 4) is 5.75 Å². The number of benzene rings is 2. The molecule has 29 heavy (non-hydrogen) atoms. The van der Waals surface area contributed by atoms with Gasteiger partial charge in [0.25, 0.3) is 5.56 Å². The van der Waals surface area contributed by atoms with Crippen molar-refractivity contribution < 1.29 is 10.0 Å². The van der Waals surface area contributed by atoms with Gasteiger partial charge < -0.3 is 5.11 Å². The van der Waals surface area contributed by atoms with E-state index in [2.05, 4.69) is 26.0 Å². The van der Waals surface area contributed by atoms with Crippen molar-refractivity contribution in [2.75, 3.05) is 0 Å². The topological polar surface area (TPSA) is 111 Å². The molecular weight excluding hydrogens is 464 g/mol. The van der Waals surface area contributed by atoms with Crippen LogP contribution < -0.4 is 5.56 Å². The highest BCUT2D eigenvalue weighted by molar-refractivity contribution is 9.10. The highest BCUT2D eigenvalue weighted by Gasteiger charge is 2.18. The smallest absolute Gasteiger partial charge is 0.312 e. The number of rotatable bonds is 6. The molecule has 3 aromatic rings. The number of phenolic OH excluding ortho intramolecular Hbond substituents is 1. The molecule has 8 nitrogen and oxygen atoms in total. The van der Waals surface area contributed by atoms with Gasteiger partial charge in [-0.15, -0.1) is 0 Å². The van der Waals surface area contributed by atoms with Gasteiger partial charge in [-0.25, -0.2) is 4.98 Å². The third-order valence-corrected chi connectivity index (χ3v) is 4.93. The highest BCUT2D eigenvalue weighted by Crippen LogP contribution is 2.32. The maximum Gasteiger partial charge on any atom is 0.312 e. The maximum absolute atomic E-state index is 13.0. The normalized spacial score (nSPS) is 11.4. The highest BCUT2D eigenvalue weighted by atomic mass is 79.9. The number of nitro groups is 1. The van der Waals surface area contributed by atoms with Crippen LogP contribution in [0.15, 0.2) is 44.7 Å². The zero-order valence-corrected chi connectivity index (χ0v) is 17.6. The predicted molar refractivity (Wildman–Crippen MR) is 115 cm³/mol. The molecule has 150 valence electrons. The first-order valence-corrected chi connectivity index (χ1v) is 9.91. The average molecular weight is 480 g/mol. The summed E-state index contributed by atoms with van der Waals surface area (Å²) >= 11 is 9.25. The molecule has 0 bridgehead atoms. The van der Waals surface area contributed by atoms with E-state index in [0.29, 0.717) is 23.1 Å². The van der Waals surface area contributed by atoms with Crippen molar-refractivity contribution in [3.63, 3.8) is 0 Å². The molecule has 0 spiro atoms. The Labute approximate surface area is 178 Å². The molecule has 0 radical (unpaired) electrons. The van der Waals surface area contributed by atoms with Crippen LogP contribution in [-0.2, 0) is 6.42 Å². The lowest BCUT2D eigenvalue weighted by Gasteiger charge is -2.09. The molecule has 3 rings (SSSR count). The van der Waals surface area contributed by atoms with Gasteiger partial charge >= 0.3 is 5.69 Å². The fourth-order valence-electron chi connectivity index (χ4n) is 2.77. The van der Waals surface area contributed by atoms with Crippen LogP contribution in [0.1, 0.15) is 31.2 Å². The number of aryl methyl sites for hydroxylation is 1. The molecule has 0 aliphatic heterocycles. The SMILES string of the molecule is CCCCc1nc2ccc(Br)cc2c(=O)n1N=Cc1cc(Cl)cc([N+](=O)[O-])c1O. The predicted octanol–water partition coefficient (Wildman–Crippen LogP) is 4.65. The molecule has 0 unspecified atom stereocenters. The van der Waals surface area contributed by atoms with Crippen LogP contribution in [0.2, 0.25) is 5.02 Å². The standard InChI is InChI=1S/C19H16BrClN4O4/c1-2-3-4-17-23-15-6-5-12(20)8-14(15)19(27)24(17)22-10-11-7-13(21)9-16(18(11)26)25(28)29/h5-10,26H,2-4H2,1H3.